The van der Waals surface area contributed by atoms with E-state index < -0.39 is 254 Å². The number of nitrogens with zero attached hydrogens (tertiary/aromatic N) is 1. The van der Waals surface area contributed by atoms with Crippen LogP contribution in [-0.2, 0) is 63.9 Å². The van der Waals surface area contributed by atoms with Crippen molar-refractivity contribution in [3.05, 3.63) is 147 Å². The molecule has 13 rings (SSSR count). The maximum atomic E-state index is 16.3. The first-order chi connectivity index (χ1) is 53.4. The van der Waals surface area contributed by atoms with Crippen molar-refractivity contribution in [2.45, 2.75) is 163 Å². The molecular formula is C75H83Cl2N9O27. The third-order valence-electron chi connectivity index (χ3n) is 19.7. The number of aromatic hydroxyl groups is 3. The fourth-order valence-electron chi connectivity index (χ4n) is 13.6. The molecule has 7 aliphatic rings. The third kappa shape index (κ3) is 18.1. The number of aliphatic hydroxyl groups excluding tert-OH is 6. The topological polar surface area (TPSA) is 557 Å². The molecule has 113 heavy (non-hydrogen) atoms. The summed E-state index contributed by atoms with van der Waals surface area (Å²) in [6, 6.07) is 4.87. The minimum atomic E-state index is -2.41. The summed E-state index contributed by atoms with van der Waals surface area (Å²) in [6.07, 6.45) is -20.8. The van der Waals surface area contributed by atoms with E-state index in [9.17, 15) is 70.2 Å². The van der Waals surface area contributed by atoms with E-state index in [4.69, 9.17) is 72.6 Å². The van der Waals surface area contributed by atoms with Gasteiger partial charge in [-0.3, -0.25) is 38.5 Å². The summed E-state index contributed by atoms with van der Waals surface area (Å²) in [7, 11) is 2.71. The SMILES string of the molecule is COc1ccc(COC(=O)N(C)[C@H](CC(C)C)C(=O)N[C@H]2C(=O)N[C@@H](CC(N)=O)C(=O)N[C@H]3C(=O)N[C@H]4C(=O)N[C@H](C(=O)N[C@@H](C(=O)O)c5cc(O)cc(O)c5-c5cc4ccc5O)[C@H](OC4C[C@](C)(N)[C@@H](O)[C@H](C)O4)c4ccc(c(Cl)c4)Oc4cc3cc(c4O[C@@H]3O[C@H](CO)[C@@H](O)[C@H](O)[C@H]3O)Oc3ccc(cc3Cl)[C@H]2O)cc1. The summed E-state index contributed by atoms with van der Waals surface area (Å²) in [6.45, 7) is 5.09. The number of carbonyl (C=O) groups excluding carboxylic acids is 8. The smallest absolute Gasteiger partial charge is 0.410 e. The number of ether oxygens (including phenoxy) is 8. The van der Waals surface area contributed by atoms with E-state index in [0.717, 1.165) is 77.7 Å². The Kier molecular flexibility index (Phi) is 25.2. The number of halogens is 2. The first kappa shape index (κ1) is 83.1. The highest BCUT2D eigenvalue weighted by atomic mass is 35.5. The number of phenols is 3. The quantitative estimate of drug-likeness (QED) is 0.0660. The number of aliphatic hydroxyl groups is 6. The molecule has 0 spiro atoms. The average Bonchev–Trinajstić information content (AvgIpc) is 0.768. The molecule has 0 saturated carbocycles. The lowest BCUT2D eigenvalue weighted by Gasteiger charge is -2.44. The van der Waals surface area contributed by atoms with Crippen LogP contribution in [0, 0.1) is 5.92 Å². The number of benzene rings is 6. The highest BCUT2D eigenvalue weighted by Crippen LogP contribution is 2.50. The number of rotatable bonds is 16. The van der Waals surface area contributed by atoms with Gasteiger partial charge in [0, 0.05) is 41.8 Å². The molecule has 0 aromatic heterocycles. The van der Waals surface area contributed by atoms with E-state index in [1.807, 2.05) is 0 Å². The lowest BCUT2D eigenvalue weighted by atomic mass is 9.86. The number of nitrogens with two attached hydrogens (primary N) is 2. The molecule has 604 valence electrons. The summed E-state index contributed by atoms with van der Waals surface area (Å²) in [5, 5.41) is 127. The Hall–Kier alpha value is -10.9. The molecule has 0 radical (unpaired) electrons. The van der Waals surface area contributed by atoms with Crippen LogP contribution < -0.4 is 62.3 Å². The number of methoxy groups -OCH3 is 1. The van der Waals surface area contributed by atoms with Crippen molar-refractivity contribution < 1.29 is 132 Å². The molecule has 2 saturated heterocycles. The molecule has 7 aliphatic heterocycles. The van der Waals surface area contributed by atoms with E-state index in [2.05, 4.69) is 31.9 Å². The van der Waals surface area contributed by atoms with Gasteiger partial charge in [-0.15, -0.1) is 0 Å². The largest absolute Gasteiger partial charge is 0.508 e. The van der Waals surface area contributed by atoms with Gasteiger partial charge in [-0.2, -0.15) is 0 Å². The van der Waals surface area contributed by atoms with Crippen molar-refractivity contribution in [2.75, 3.05) is 20.8 Å². The molecule has 38 heteroatoms. The van der Waals surface area contributed by atoms with Gasteiger partial charge in [-0.1, -0.05) is 67.4 Å². The van der Waals surface area contributed by atoms with E-state index in [-0.39, 0.29) is 42.1 Å². The Labute approximate surface area is 653 Å². The molecule has 11 bridgehead atoms. The first-order valence-electron chi connectivity index (χ1n) is 35.2. The number of nitrogens with one attached hydrogen (secondary N) is 6. The molecule has 20 N–H and O–H groups in total. The third-order valence-corrected chi connectivity index (χ3v) is 20.3. The van der Waals surface area contributed by atoms with Crippen LogP contribution in [0.3, 0.4) is 0 Å². The fraction of sp³-hybridized carbons (Fsp3) is 0.400. The number of carboxylic acid groups (broad SMARTS) is 1. The van der Waals surface area contributed by atoms with Gasteiger partial charge in [0.2, 0.25) is 53.4 Å². The normalized spacial score (nSPS) is 27.4. The van der Waals surface area contributed by atoms with Crippen LogP contribution in [0.25, 0.3) is 11.1 Å². The molecule has 8 amide bonds. The van der Waals surface area contributed by atoms with Crippen molar-refractivity contribution in [3.8, 4) is 62.9 Å². The molecule has 18 atom stereocenters. The molecule has 1 unspecified atom stereocenters. The van der Waals surface area contributed by atoms with Gasteiger partial charge < -0.3 is 132 Å². The number of aliphatic carboxylic acids is 1. The first-order valence-corrected chi connectivity index (χ1v) is 36.0. The number of amides is 8. The summed E-state index contributed by atoms with van der Waals surface area (Å²) in [5.41, 5.74) is 8.51. The van der Waals surface area contributed by atoms with Gasteiger partial charge in [-0.25, -0.2) is 9.59 Å². The number of likely N-dealkylation sites (N-methyl/N-ethyl adjacent to an activating group) is 1. The Morgan fingerprint density at radius 2 is 1.33 bits per heavy atom. The lowest BCUT2D eigenvalue weighted by molar-refractivity contribution is -0.277. The van der Waals surface area contributed by atoms with Gasteiger partial charge in [0.1, 0.15) is 114 Å². The number of carbonyl (C=O) groups is 9. The molecule has 2 fully saturated rings. The molecule has 36 nitrogen and oxygen atoms in total. The second-order valence-electron chi connectivity index (χ2n) is 28.4. The number of hydrogen-bond donors (Lipinski definition) is 18. The van der Waals surface area contributed by atoms with Crippen LogP contribution in [-0.4, -0.2) is 209 Å². The Bertz CT molecular complexity index is 4670. The van der Waals surface area contributed by atoms with Crippen LogP contribution in [0.4, 0.5) is 4.79 Å². The maximum Gasteiger partial charge on any atom is 0.410 e. The fourth-order valence-corrected chi connectivity index (χ4v) is 14.1. The highest BCUT2D eigenvalue weighted by Gasteiger charge is 2.49. The van der Waals surface area contributed by atoms with Crippen LogP contribution >= 0.6 is 23.2 Å². The predicted octanol–water partition coefficient (Wildman–Crippen LogP) is 2.16. The number of carboxylic acids is 1. The van der Waals surface area contributed by atoms with Gasteiger partial charge in [0.05, 0.1) is 42.4 Å². The summed E-state index contributed by atoms with van der Waals surface area (Å²) in [4.78, 5) is 135. The average molecular weight is 1610 g/mol. The Morgan fingerprint density at radius 3 is 1.94 bits per heavy atom. The minimum absolute atomic E-state index is 0.0966. The molecule has 6 aromatic rings. The number of phenolic OH excluding ortho intramolecular Hbond substituents is 3. The van der Waals surface area contributed by atoms with Crippen molar-refractivity contribution in [1.29, 1.82) is 0 Å². The van der Waals surface area contributed by atoms with Crippen LogP contribution in [0.1, 0.15) is 111 Å². The second-order valence-corrected chi connectivity index (χ2v) is 29.2. The Balaban J connectivity index is 1.12. The van der Waals surface area contributed by atoms with Crippen LogP contribution in [0.2, 0.25) is 10.0 Å². The zero-order valence-corrected chi connectivity index (χ0v) is 62.5. The van der Waals surface area contributed by atoms with E-state index in [0.29, 0.717) is 11.3 Å². The van der Waals surface area contributed by atoms with Gasteiger partial charge >= 0.3 is 12.1 Å². The van der Waals surface area contributed by atoms with Crippen LogP contribution in [0.15, 0.2) is 103 Å². The van der Waals surface area contributed by atoms with Crippen molar-refractivity contribution in [2.24, 2.45) is 17.4 Å². The highest BCUT2D eigenvalue weighted by molar-refractivity contribution is 6.32. The zero-order chi connectivity index (χ0) is 82.1. The molecule has 0 aliphatic carbocycles. The van der Waals surface area contributed by atoms with E-state index in [1.54, 1.807) is 38.1 Å². The second kappa shape index (κ2) is 34.2. The van der Waals surface area contributed by atoms with Crippen molar-refractivity contribution in [1.82, 2.24) is 36.8 Å². The molecular weight excluding hydrogens is 1530 g/mol. The minimum Gasteiger partial charge on any atom is -0.508 e. The Morgan fingerprint density at radius 1 is 0.708 bits per heavy atom. The van der Waals surface area contributed by atoms with Gasteiger partial charge in [0.25, 0.3) is 0 Å². The summed E-state index contributed by atoms with van der Waals surface area (Å²) in [5.74, 6) is -16.6. The lowest BCUT2D eigenvalue weighted by Crippen LogP contribution is -2.61. The standard InChI is InChI=1S/C75H83Cl2N9O27/c1-29(2)17-43(86(5)74(105)107-28-31-7-12-37(106-6)13-8-31)67(98)84-57-59(92)33-10-15-46(40(76)19-33)109-48-21-35-22-49(64(48)113-73-62(95)61(94)60(93)50(27-87)111-73)110-47-16-11-34(20-41(47)77)63(112-52-26-75(4,79)65(96)30(3)108-52)58-71(102)83-56(72(103)104)39-23-36(88)24-45(90)53(39)38-18-32(9-14-44(38)89)54(68(99)85-58)82-69(100)55(35)81-66(97)42(25-51(78)91)80-70(57)101/h7-16,18-24,29-30,42-43,50,52,54-63,65,73,87-90,92-96H,17,25-28,79H2,1-6H3,(H2,78,91)(H,80,101)(H,81,97)(H,82,100)(H,83,102)(H,84,98)(H,85,99)(H,103,104)/t30-,42-,43+,50+,52?,54+,55+,56+,57+,58-,59+,60+,61-,62+,63+,65-,73-,75-/m0/s1. The maximum absolute atomic E-state index is 16.3. The zero-order valence-electron chi connectivity index (χ0n) is 61.0. The van der Waals surface area contributed by atoms with E-state index in [1.165, 1.54) is 34.1 Å². The number of primary amides is 1. The monoisotopic (exact) mass is 1610 g/mol. The number of hydrogen-bond acceptors (Lipinski definition) is 27. The summed E-state index contributed by atoms with van der Waals surface area (Å²) < 4.78 is 48.9. The molecule has 6 aromatic carbocycles. The summed E-state index contributed by atoms with van der Waals surface area (Å²) >= 11 is 14.3. The van der Waals surface area contributed by atoms with Gasteiger partial charge in [-0.05, 0) is 121 Å². The predicted molar refractivity (Wildman–Crippen MR) is 391 cm³/mol. The van der Waals surface area contributed by atoms with Gasteiger partial charge in [0.15, 0.2) is 23.8 Å². The van der Waals surface area contributed by atoms with Crippen molar-refractivity contribution in [3.63, 3.8) is 0 Å². The van der Waals surface area contributed by atoms with E-state index >= 15 is 24.0 Å². The van der Waals surface area contributed by atoms with Crippen LogP contribution in [0.5, 0.6) is 51.7 Å². The molecule has 7 heterocycles. The number of fused-ring (bicyclic) bond motifs is 15. The van der Waals surface area contributed by atoms with Crippen molar-refractivity contribution >= 4 is 76.6 Å².